The number of rotatable bonds is 6. The van der Waals surface area contributed by atoms with Gasteiger partial charge in [0.15, 0.2) is 5.69 Å². The van der Waals surface area contributed by atoms with E-state index in [-0.39, 0.29) is 0 Å². The molecule has 1 aromatic heterocycles. The van der Waals surface area contributed by atoms with Crippen LogP contribution >= 0.6 is 0 Å². The number of nitrogens with zero attached hydrogens (tertiary/aromatic N) is 3. The molecule has 0 atom stereocenters. The highest BCUT2D eigenvalue weighted by molar-refractivity contribution is 5.63. The molecule has 1 aliphatic rings. The van der Waals surface area contributed by atoms with Gasteiger partial charge in [0.2, 0.25) is 0 Å². The Hall–Kier alpha value is -2.60. The summed E-state index contributed by atoms with van der Waals surface area (Å²) < 4.78 is 40.8. The second-order valence-corrected chi connectivity index (χ2v) is 6.35. The van der Waals surface area contributed by atoms with Gasteiger partial charge in [0.05, 0.1) is 11.4 Å². The Morgan fingerprint density at radius 3 is 2.74 bits per heavy atom. The highest BCUT2D eigenvalue weighted by Crippen LogP contribution is 2.30. The molecule has 3 nitrogen and oxygen atoms in total. The van der Waals surface area contributed by atoms with Crippen molar-refractivity contribution in [2.45, 2.75) is 19.5 Å². The van der Waals surface area contributed by atoms with Gasteiger partial charge in [0.1, 0.15) is 0 Å². The SMILES string of the molecule is C\C=C/C(=C\C=C\c1cc(C(F)(F)F)nn1C1=CCC=CC=C1)CN(C)C. The van der Waals surface area contributed by atoms with E-state index in [4.69, 9.17) is 0 Å². The van der Waals surface area contributed by atoms with Gasteiger partial charge in [-0.1, -0.05) is 48.6 Å². The summed E-state index contributed by atoms with van der Waals surface area (Å²) >= 11 is 0. The Kier molecular flexibility index (Phi) is 7.19. The smallest absolute Gasteiger partial charge is 0.305 e. The molecule has 0 saturated carbocycles. The van der Waals surface area contributed by atoms with Crippen molar-refractivity contribution in [3.05, 3.63) is 77.7 Å². The maximum Gasteiger partial charge on any atom is 0.435 e. The van der Waals surface area contributed by atoms with E-state index >= 15 is 0 Å². The molecule has 1 aliphatic carbocycles. The zero-order valence-corrected chi connectivity index (χ0v) is 15.7. The number of aromatic nitrogens is 2. The predicted molar refractivity (Wildman–Crippen MR) is 105 cm³/mol. The summed E-state index contributed by atoms with van der Waals surface area (Å²) in [5.41, 5.74) is 1.14. The lowest BCUT2D eigenvalue weighted by Gasteiger charge is -2.09. The van der Waals surface area contributed by atoms with Crippen molar-refractivity contribution in [2.24, 2.45) is 0 Å². The Bertz CT molecular complexity index is 816. The first kappa shape index (κ1) is 20.7. The van der Waals surface area contributed by atoms with Gasteiger partial charge in [0, 0.05) is 6.54 Å². The van der Waals surface area contributed by atoms with Crippen LogP contribution in [-0.4, -0.2) is 35.3 Å². The largest absolute Gasteiger partial charge is 0.435 e. The van der Waals surface area contributed by atoms with Crippen molar-refractivity contribution in [1.29, 1.82) is 0 Å². The van der Waals surface area contributed by atoms with E-state index in [0.717, 1.165) is 18.2 Å². The molecule has 0 bridgehead atoms. The molecule has 0 fully saturated rings. The molecule has 0 spiro atoms. The molecule has 0 unspecified atom stereocenters. The van der Waals surface area contributed by atoms with Crippen LogP contribution in [0.1, 0.15) is 24.7 Å². The predicted octanol–water partition coefficient (Wildman–Crippen LogP) is 5.34. The van der Waals surface area contributed by atoms with Crippen LogP contribution in [0.4, 0.5) is 13.2 Å². The fourth-order valence-electron chi connectivity index (χ4n) is 2.60. The van der Waals surface area contributed by atoms with E-state index in [0.29, 0.717) is 17.8 Å². The van der Waals surface area contributed by atoms with Crippen molar-refractivity contribution in [3.63, 3.8) is 0 Å². The van der Waals surface area contributed by atoms with Gasteiger partial charge in [-0.3, -0.25) is 0 Å². The van der Waals surface area contributed by atoms with Gasteiger partial charge >= 0.3 is 6.18 Å². The Balaban J connectivity index is 2.39. The molecular formula is C21H24F3N3. The Labute approximate surface area is 158 Å². The van der Waals surface area contributed by atoms with Gasteiger partial charge in [-0.2, -0.15) is 18.3 Å². The van der Waals surface area contributed by atoms with Gasteiger partial charge < -0.3 is 4.90 Å². The highest BCUT2D eigenvalue weighted by Gasteiger charge is 2.34. The van der Waals surface area contributed by atoms with Crippen LogP contribution in [0.25, 0.3) is 11.8 Å². The zero-order valence-electron chi connectivity index (χ0n) is 15.7. The molecule has 1 aromatic rings. The van der Waals surface area contributed by atoms with Crippen LogP contribution in [0.2, 0.25) is 0 Å². The third-order valence-corrected chi connectivity index (χ3v) is 3.71. The van der Waals surface area contributed by atoms with Crippen LogP contribution in [0.3, 0.4) is 0 Å². The van der Waals surface area contributed by atoms with Crippen molar-refractivity contribution >= 4 is 11.8 Å². The normalized spacial score (nSPS) is 16.0. The quantitative estimate of drug-likeness (QED) is 0.626. The molecule has 1 heterocycles. The molecule has 6 heteroatoms. The number of likely N-dealkylation sites (N-methyl/N-ethyl adjacent to an activating group) is 1. The average molecular weight is 375 g/mol. The molecule has 27 heavy (non-hydrogen) atoms. The molecule has 2 rings (SSSR count). The molecule has 0 N–H and O–H groups in total. The number of alkyl halides is 3. The summed E-state index contributed by atoms with van der Waals surface area (Å²) in [5.74, 6) is 0. The second-order valence-electron chi connectivity index (χ2n) is 6.35. The van der Waals surface area contributed by atoms with Gasteiger partial charge in [-0.05, 0) is 51.2 Å². The van der Waals surface area contributed by atoms with Gasteiger partial charge in [-0.25, -0.2) is 4.68 Å². The number of halogens is 3. The van der Waals surface area contributed by atoms with E-state index in [2.05, 4.69) is 5.10 Å². The minimum Gasteiger partial charge on any atom is -0.305 e. The third-order valence-electron chi connectivity index (χ3n) is 3.71. The molecule has 0 aromatic carbocycles. The van der Waals surface area contributed by atoms with E-state index in [1.165, 1.54) is 4.68 Å². The first-order chi connectivity index (χ1) is 12.8. The van der Waals surface area contributed by atoms with Gasteiger partial charge in [0.25, 0.3) is 0 Å². The van der Waals surface area contributed by atoms with Crippen molar-refractivity contribution < 1.29 is 13.2 Å². The van der Waals surface area contributed by atoms with E-state index in [9.17, 15) is 13.2 Å². The summed E-state index contributed by atoms with van der Waals surface area (Å²) in [7, 11) is 3.93. The van der Waals surface area contributed by atoms with Crippen LogP contribution in [-0.2, 0) is 6.18 Å². The second kappa shape index (κ2) is 9.37. The maximum absolute atomic E-state index is 13.1. The summed E-state index contributed by atoms with van der Waals surface area (Å²) in [5, 5.41) is 3.78. The van der Waals surface area contributed by atoms with Crippen molar-refractivity contribution in [3.8, 4) is 0 Å². The van der Waals surface area contributed by atoms with Crippen LogP contribution in [0.5, 0.6) is 0 Å². The topological polar surface area (TPSA) is 21.1 Å². The minimum atomic E-state index is -4.49. The summed E-state index contributed by atoms with van der Waals surface area (Å²) in [6.07, 6.45) is 14.5. The van der Waals surface area contributed by atoms with Crippen LogP contribution in [0.15, 0.2) is 66.3 Å². The summed E-state index contributed by atoms with van der Waals surface area (Å²) in [6, 6.07) is 1.07. The summed E-state index contributed by atoms with van der Waals surface area (Å²) in [4.78, 5) is 2.03. The van der Waals surface area contributed by atoms with Crippen molar-refractivity contribution in [1.82, 2.24) is 14.7 Å². The standard InChI is InChI=1S/C21H24F3N3/c1-4-10-17(16-26(2)3)11-9-14-19-15-20(21(22,23)24)25-27(19)18-12-7-5-6-8-13-18/h4-7,9-15H,8,16H2,1-3H3/b10-4-,14-9+,17-11+. The van der Waals surface area contributed by atoms with Crippen LogP contribution in [0, 0.1) is 0 Å². The van der Waals surface area contributed by atoms with Crippen molar-refractivity contribution in [2.75, 3.05) is 20.6 Å². The monoisotopic (exact) mass is 375 g/mol. The van der Waals surface area contributed by atoms with Gasteiger partial charge in [-0.15, -0.1) is 0 Å². The molecule has 0 radical (unpaired) electrons. The number of hydrogen-bond acceptors (Lipinski definition) is 2. The lowest BCUT2D eigenvalue weighted by Crippen LogP contribution is -2.14. The zero-order chi connectivity index (χ0) is 19.9. The van der Waals surface area contributed by atoms with E-state index in [1.807, 2.05) is 62.4 Å². The molecule has 0 saturated heterocycles. The highest BCUT2D eigenvalue weighted by atomic mass is 19.4. The fourth-order valence-corrected chi connectivity index (χ4v) is 2.60. The van der Waals surface area contributed by atoms with E-state index in [1.54, 1.807) is 24.3 Å². The molecule has 144 valence electrons. The molecule has 0 aliphatic heterocycles. The minimum absolute atomic E-state index is 0.376. The van der Waals surface area contributed by atoms with E-state index < -0.39 is 11.9 Å². The lowest BCUT2D eigenvalue weighted by molar-refractivity contribution is -0.141. The Morgan fingerprint density at radius 1 is 1.30 bits per heavy atom. The number of hydrogen-bond donors (Lipinski definition) is 0. The first-order valence-corrected chi connectivity index (χ1v) is 8.67. The van der Waals surface area contributed by atoms with Crippen LogP contribution < -0.4 is 0 Å². The lowest BCUT2D eigenvalue weighted by atomic mass is 10.2. The number of allylic oxidation sites excluding steroid dienone is 9. The average Bonchev–Trinajstić information content (AvgIpc) is 2.83. The first-order valence-electron chi connectivity index (χ1n) is 8.67. The molecular weight excluding hydrogens is 351 g/mol. The third kappa shape index (κ3) is 6.25. The summed E-state index contributed by atoms with van der Waals surface area (Å²) in [6.45, 7) is 2.66. The maximum atomic E-state index is 13.1. The fraction of sp³-hybridized carbons (Fsp3) is 0.286. The Morgan fingerprint density at radius 2 is 2.07 bits per heavy atom. The molecule has 0 amide bonds.